The number of nitrogens with zero attached hydrogens (tertiary/aromatic N) is 1. The number of urea groups is 1. The summed E-state index contributed by atoms with van der Waals surface area (Å²) in [7, 11) is -3.19. The predicted octanol–water partition coefficient (Wildman–Crippen LogP) is 0.655. The van der Waals surface area contributed by atoms with Gasteiger partial charge < -0.3 is 9.73 Å². The molecule has 1 aromatic heterocycles. The molecule has 1 fully saturated rings. The first-order valence-corrected chi connectivity index (χ1v) is 9.75. The minimum atomic E-state index is -3.19. The van der Waals surface area contributed by atoms with Gasteiger partial charge in [-0.2, -0.15) is 0 Å². The molecular weight excluding hydrogens is 348 g/mol. The zero-order valence-corrected chi connectivity index (χ0v) is 15.4. The van der Waals surface area contributed by atoms with Crippen molar-refractivity contribution in [3.8, 4) is 0 Å². The van der Waals surface area contributed by atoms with E-state index >= 15 is 0 Å². The van der Waals surface area contributed by atoms with Crippen LogP contribution in [0.15, 0.2) is 10.5 Å². The average molecular weight is 372 g/mol. The molecule has 2 heterocycles. The van der Waals surface area contributed by atoms with Crippen LogP contribution >= 0.6 is 0 Å². The highest BCUT2D eigenvalue weighted by Crippen LogP contribution is 2.14. The van der Waals surface area contributed by atoms with E-state index in [9.17, 15) is 18.0 Å². The summed E-state index contributed by atoms with van der Waals surface area (Å²) in [4.78, 5) is 23.9. The molecule has 25 heavy (non-hydrogen) atoms. The lowest BCUT2D eigenvalue weighted by Gasteiger charge is -2.31. The van der Waals surface area contributed by atoms with Gasteiger partial charge in [0.2, 0.25) is 10.0 Å². The van der Waals surface area contributed by atoms with Gasteiger partial charge in [-0.05, 0) is 39.7 Å². The van der Waals surface area contributed by atoms with E-state index < -0.39 is 22.0 Å². The molecule has 3 N–H and O–H groups in total. The number of hydrazine groups is 1. The quantitative estimate of drug-likeness (QED) is 0.670. The number of furan rings is 1. The lowest BCUT2D eigenvalue weighted by Crippen LogP contribution is -2.53. The lowest BCUT2D eigenvalue weighted by atomic mass is 10.1. The molecule has 140 valence electrons. The molecule has 1 saturated heterocycles. The van der Waals surface area contributed by atoms with Crippen molar-refractivity contribution >= 4 is 22.0 Å². The van der Waals surface area contributed by atoms with Crippen LogP contribution in [-0.2, 0) is 10.0 Å². The van der Waals surface area contributed by atoms with E-state index in [1.807, 2.05) is 0 Å². The van der Waals surface area contributed by atoms with Gasteiger partial charge in [0, 0.05) is 19.1 Å². The maximum atomic E-state index is 12.0. The van der Waals surface area contributed by atoms with Crippen molar-refractivity contribution < 1.29 is 22.4 Å². The first-order valence-electron chi connectivity index (χ1n) is 8.14. The van der Waals surface area contributed by atoms with Crippen molar-refractivity contribution in [3.63, 3.8) is 0 Å². The van der Waals surface area contributed by atoms with Crippen LogP contribution in [0.3, 0.4) is 0 Å². The molecule has 0 spiro atoms. The Morgan fingerprint density at radius 2 is 1.88 bits per heavy atom. The van der Waals surface area contributed by atoms with Gasteiger partial charge in [0.05, 0.1) is 11.3 Å². The number of piperidine rings is 1. The van der Waals surface area contributed by atoms with Crippen molar-refractivity contribution in [2.24, 2.45) is 0 Å². The van der Waals surface area contributed by atoms with Crippen molar-refractivity contribution in [1.82, 2.24) is 20.5 Å². The van der Waals surface area contributed by atoms with Crippen LogP contribution in [0.1, 0.15) is 41.6 Å². The number of carbonyl (C=O) groups is 2. The number of nitrogens with one attached hydrogen (secondary N) is 3. The molecular formula is C15H24N4O5S. The van der Waals surface area contributed by atoms with E-state index in [1.165, 1.54) is 4.31 Å². The minimum absolute atomic E-state index is 0.0739. The van der Waals surface area contributed by atoms with Crippen LogP contribution in [0.4, 0.5) is 4.79 Å². The van der Waals surface area contributed by atoms with Crippen LogP contribution in [-0.4, -0.2) is 49.5 Å². The summed E-state index contributed by atoms with van der Waals surface area (Å²) in [6.07, 6.45) is 1.06. The molecule has 0 saturated carbocycles. The Labute approximate surface area is 147 Å². The van der Waals surface area contributed by atoms with Crippen LogP contribution in [0.2, 0.25) is 0 Å². The fraction of sp³-hybridized carbons (Fsp3) is 0.600. The van der Waals surface area contributed by atoms with E-state index in [0.29, 0.717) is 43.0 Å². The van der Waals surface area contributed by atoms with Crippen molar-refractivity contribution in [2.75, 3.05) is 18.8 Å². The largest absolute Gasteiger partial charge is 0.466 e. The van der Waals surface area contributed by atoms with E-state index in [-0.39, 0.29) is 11.8 Å². The SMILES string of the molecule is CCS(=O)(=O)N1CCC(NC(=O)NNC(=O)c2cc(C)oc2C)CC1. The summed E-state index contributed by atoms with van der Waals surface area (Å²) in [5.74, 6) is 0.695. The highest BCUT2D eigenvalue weighted by atomic mass is 32.2. The summed E-state index contributed by atoms with van der Waals surface area (Å²) < 4.78 is 30.3. The van der Waals surface area contributed by atoms with Crippen LogP contribution in [0.25, 0.3) is 0 Å². The molecule has 10 heteroatoms. The Morgan fingerprint density at radius 1 is 1.24 bits per heavy atom. The zero-order valence-electron chi connectivity index (χ0n) is 14.6. The van der Waals surface area contributed by atoms with Gasteiger partial charge in [0.1, 0.15) is 11.5 Å². The van der Waals surface area contributed by atoms with E-state index in [2.05, 4.69) is 16.2 Å². The highest BCUT2D eigenvalue weighted by Gasteiger charge is 2.27. The van der Waals surface area contributed by atoms with E-state index in [0.717, 1.165) is 0 Å². The number of rotatable bonds is 4. The molecule has 0 unspecified atom stereocenters. The summed E-state index contributed by atoms with van der Waals surface area (Å²) >= 11 is 0. The van der Waals surface area contributed by atoms with Crippen LogP contribution in [0, 0.1) is 13.8 Å². The first kappa shape index (κ1) is 19.3. The summed E-state index contributed by atoms with van der Waals surface area (Å²) in [6, 6.07) is 0.912. The summed E-state index contributed by atoms with van der Waals surface area (Å²) in [5.41, 5.74) is 4.97. The third-order valence-corrected chi connectivity index (χ3v) is 6.00. The Bertz CT molecular complexity index is 735. The molecule has 2 rings (SSSR count). The van der Waals surface area contributed by atoms with Gasteiger partial charge in [-0.3, -0.25) is 10.2 Å². The number of carbonyl (C=O) groups excluding carboxylic acids is 2. The van der Waals surface area contributed by atoms with Crippen molar-refractivity contribution in [3.05, 3.63) is 23.2 Å². The molecule has 3 amide bonds. The van der Waals surface area contributed by atoms with Crippen LogP contribution in [0.5, 0.6) is 0 Å². The topological polar surface area (TPSA) is 121 Å². The fourth-order valence-electron chi connectivity index (χ4n) is 2.72. The standard InChI is InChI=1S/C15H24N4O5S/c1-4-25(22,23)19-7-5-12(6-8-19)16-15(21)18-17-14(20)13-9-10(2)24-11(13)3/h9,12H,4-8H2,1-3H3,(H,17,20)(H2,16,18,21). The number of hydrogen-bond acceptors (Lipinski definition) is 5. The molecule has 0 atom stereocenters. The third-order valence-electron chi connectivity index (χ3n) is 4.12. The second-order valence-corrected chi connectivity index (χ2v) is 8.21. The Hall–Kier alpha value is -2.07. The second kappa shape index (κ2) is 7.87. The molecule has 0 aliphatic carbocycles. The predicted molar refractivity (Wildman–Crippen MR) is 91.4 cm³/mol. The van der Waals surface area contributed by atoms with E-state index in [4.69, 9.17) is 4.42 Å². The first-order chi connectivity index (χ1) is 11.7. The average Bonchev–Trinajstić information content (AvgIpc) is 2.91. The maximum Gasteiger partial charge on any atom is 0.333 e. The Kier molecular flexibility index (Phi) is 6.07. The van der Waals surface area contributed by atoms with E-state index in [1.54, 1.807) is 26.8 Å². The molecule has 0 radical (unpaired) electrons. The van der Waals surface area contributed by atoms with Crippen LogP contribution < -0.4 is 16.2 Å². The maximum absolute atomic E-state index is 12.0. The normalized spacial score (nSPS) is 16.4. The Morgan fingerprint density at radius 3 is 2.40 bits per heavy atom. The second-order valence-electron chi connectivity index (χ2n) is 5.95. The van der Waals surface area contributed by atoms with Crippen molar-refractivity contribution in [2.45, 2.75) is 39.7 Å². The van der Waals surface area contributed by atoms with Gasteiger partial charge >= 0.3 is 6.03 Å². The zero-order chi connectivity index (χ0) is 18.6. The van der Waals surface area contributed by atoms with Gasteiger partial charge in [-0.25, -0.2) is 22.9 Å². The number of sulfonamides is 1. The van der Waals surface area contributed by atoms with Gasteiger partial charge in [0.25, 0.3) is 5.91 Å². The van der Waals surface area contributed by atoms with Gasteiger partial charge in [-0.1, -0.05) is 0 Å². The summed E-state index contributed by atoms with van der Waals surface area (Å²) in [6.45, 7) is 5.76. The number of hydrogen-bond donors (Lipinski definition) is 3. The smallest absolute Gasteiger partial charge is 0.333 e. The van der Waals surface area contributed by atoms with Crippen molar-refractivity contribution in [1.29, 1.82) is 0 Å². The molecule has 0 bridgehead atoms. The number of amides is 3. The summed E-state index contributed by atoms with van der Waals surface area (Å²) in [5, 5.41) is 2.73. The lowest BCUT2D eigenvalue weighted by molar-refractivity contribution is 0.0934. The Balaban J connectivity index is 1.76. The third kappa shape index (κ3) is 4.95. The van der Waals surface area contributed by atoms with Gasteiger partial charge in [0.15, 0.2) is 0 Å². The highest BCUT2D eigenvalue weighted by molar-refractivity contribution is 7.89. The molecule has 1 aromatic rings. The molecule has 1 aliphatic rings. The molecule has 0 aromatic carbocycles. The minimum Gasteiger partial charge on any atom is -0.466 e. The number of aryl methyl sites for hydroxylation is 2. The molecule has 1 aliphatic heterocycles. The fourth-order valence-corrected chi connectivity index (χ4v) is 3.85. The monoisotopic (exact) mass is 372 g/mol. The van der Waals surface area contributed by atoms with Gasteiger partial charge in [-0.15, -0.1) is 0 Å². The molecule has 9 nitrogen and oxygen atoms in total.